The fourth-order valence-electron chi connectivity index (χ4n) is 2.24. The van der Waals surface area contributed by atoms with Gasteiger partial charge in [0, 0.05) is 15.7 Å². The molecule has 1 N–H and O–H groups in total. The molecule has 0 aliphatic carbocycles. The van der Waals surface area contributed by atoms with Gasteiger partial charge in [-0.3, -0.25) is 4.79 Å². The third-order valence-electron chi connectivity index (χ3n) is 3.56. The highest BCUT2D eigenvalue weighted by Crippen LogP contribution is 2.19. The summed E-state index contributed by atoms with van der Waals surface area (Å²) < 4.78 is 7.02. The van der Waals surface area contributed by atoms with Gasteiger partial charge < -0.3 is 10.1 Å². The summed E-state index contributed by atoms with van der Waals surface area (Å²) in [6, 6.07) is 14.2. The van der Waals surface area contributed by atoms with Crippen LogP contribution in [0.2, 0.25) is 0 Å². The molecule has 0 atom stereocenters. The van der Waals surface area contributed by atoms with Gasteiger partial charge >= 0.3 is 5.69 Å². The maximum Gasteiger partial charge on any atom is 0.365 e. The molecular formula is C18H15BrN4O3. The number of methoxy groups -OCH3 is 1. The van der Waals surface area contributed by atoms with Gasteiger partial charge in [-0.1, -0.05) is 15.9 Å². The summed E-state index contributed by atoms with van der Waals surface area (Å²) in [5, 5.41) is 6.74. The van der Waals surface area contributed by atoms with Crippen molar-refractivity contribution in [3.05, 3.63) is 69.7 Å². The molecule has 1 aromatic heterocycles. The lowest BCUT2D eigenvalue weighted by atomic mass is 10.1. The van der Waals surface area contributed by atoms with Crippen molar-refractivity contribution in [2.75, 3.05) is 12.4 Å². The number of carbonyl (C=O) groups excluding carboxylic acids is 1. The number of amides is 1. The molecule has 0 unspecified atom stereocenters. The predicted molar refractivity (Wildman–Crippen MR) is 101 cm³/mol. The van der Waals surface area contributed by atoms with E-state index in [9.17, 15) is 9.59 Å². The van der Waals surface area contributed by atoms with Crippen LogP contribution >= 0.6 is 15.9 Å². The number of anilines is 1. The highest BCUT2D eigenvalue weighted by atomic mass is 79.9. The molecule has 2 aromatic carbocycles. The van der Waals surface area contributed by atoms with E-state index in [1.807, 2.05) is 12.1 Å². The Hall–Kier alpha value is -3.00. The molecule has 0 aliphatic rings. The summed E-state index contributed by atoms with van der Waals surface area (Å²) in [4.78, 5) is 28.2. The number of nitrogens with one attached hydrogen (secondary N) is 1. The SMILES string of the molecule is COc1ccc(-c2cnn(CC(=O)Nc3ccc(Br)cc3)c(=O)n2)cc1. The van der Waals surface area contributed by atoms with Gasteiger partial charge in [-0.15, -0.1) is 0 Å². The first kappa shape index (κ1) is 17.8. The lowest BCUT2D eigenvalue weighted by Gasteiger charge is -2.07. The van der Waals surface area contributed by atoms with Crippen molar-refractivity contribution in [3.8, 4) is 17.0 Å². The Bertz CT molecular complexity index is 969. The van der Waals surface area contributed by atoms with Gasteiger partial charge in [0.25, 0.3) is 0 Å². The summed E-state index contributed by atoms with van der Waals surface area (Å²) in [6.45, 7) is -0.217. The summed E-state index contributed by atoms with van der Waals surface area (Å²) in [5.74, 6) is 0.348. The van der Waals surface area contributed by atoms with Crippen LogP contribution in [0.3, 0.4) is 0 Å². The van der Waals surface area contributed by atoms with E-state index < -0.39 is 5.69 Å². The molecule has 26 heavy (non-hydrogen) atoms. The van der Waals surface area contributed by atoms with Gasteiger partial charge in [-0.05, 0) is 48.5 Å². The molecule has 3 aromatic rings. The Kier molecular flexibility index (Phi) is 5.43. The fourth-order valence-corrected chi connectivity index (χ4v) is 2.51. The van der Waals surface area contributed by atoms with E-state index in [0.717, 1.165) is 14.7 Å². The number of halogens is 1. The predicted octanol–water partition coefficient (Wildman–Crippen LogP) is 2.72. The second-order valence-electron chi connectivity index (χ2n) is 5.37. The maximum absolute atomic E-state index is 12.1. The number of ether oxygens (including phenoxy) is 1. The number of hydrogen-bond donors (Lipinski definition) is 1. The summed E-state index contributed by atoms with van der Waals surface area (Å²) >= 11 is 3.33. The van der Waals surface area contributed by atoms with Crippen molar-refractivity contribution in [3.63, 3.8) is 0 Å². The topological polar surface area (TPSA) is 86.1 Å². The van der Waals surface area contributed by atoms with Gasteiger partial charge in [0.15, 0.2) is 0 Å². The molecule has 0 spiro atoms. The van der Waals surface area contributed by atoms with Crippen molar-refractivity contribution in [1.29, 1.82) is 0 Å². The minimum atomic E-state index is -0.593. The molecule has 0 saturated heterocycles. The molecule has 8 heteroatoms. The molecule has 0 fully saturated rings. The van der Waals surface area contributed by atoms with E-state index >= 15 is 0 Å². The number of benzene rings is 2. The lowest BCUT2D eigenvalue weighted by molar-refractivity contribution is -0.117. The first-order chi connectivity index (χ1) is 12.5. The largest absolute Gasteiger partial charge is 0.497 e. The quantitative estimate of drug-likeness (QED) is 0.693. The number of aromatic nitrogens is 3. The smallest absolute Gasteiger partial charge is 0.365 e. The van der Waals surface area contributed by atoms with Crippen LogP contribution < -0.4 is 15.7 Å². The maximum atomic E-state index is 12.1. The summed E-state index contributed by atoms with van der Waals surface area (Å²) in [6.07, 6.45) is 1.45. The van der Waals surface area contributed by atoms with E-state index in [1.165, 1.54) is 6.20 Å². The van der Waals surface area contributed by atoms with Gasteiger partial charge in [-0.2, -0.15) is 10.1 Å². The standard InChI is InChI=1S/C18H15BrN4O3/c1-26-15-8-2-12(3-9-15)16-10-20-23(18(25)22-16)11-17(24)21-14-6-4-13(19)5-7-14/h2-10H,11H2,1H3,(H,21,24). The Morgan fingerprint density at radius 1 is 1.15 bits per heavy atom. The number of hydrogen-bond acceptors (Lipinski definition) is 5. The van der Waals surface area contributed by atoms with E-state index in [1.54, 1.807) is 43.5 Å². The summed E-state index contributed by atoms with van der Waals surface area (Å²) in [5.41, 5.74) is 1.21. The Morgan fingerprint density at radius 3 is 2.46 bits per heavy atom. The van der Waals surface area contributed by atoms with Crippen LogP contribution in [0.25, 0.3) is 11.3 Å². The van der Waals surface area contributed by atoms with Crippen LogP contribution in [0.1, 0.15) is 0 Å². The minimum Gasteiger partial charge on any atom is -0.497 e. The zero-order chi connectivity index (χ0) is 18.5. The fraction of sp³-hybridized carbons (Fsp3) is 0.111. The average molecular weight is 415 g/mol. The van der Waals surface area contributed by atoms with Crippen molar-refractivity contribution < 1.29 is 9.53 Å². The van der Waals surface area contributed by atoms with E-state index in [4.69, 9.17) is 4.74 Å². The molecular weight excluding hydrogens is 400 g/mol. The number of rotatable bonds is 5. The third kappa shape index (κ3) is 4.34. The Balaban J connectivity index is 1.71. The van der Waals surface area contributed by atoms with E-state index in [2.05, 4.69) is 31.3 Å². The van der Waals surface area contributed by atoms with E-state index in [-0.39, 0.29) is 12.5 Å². The molecule has 132 valence electrons. The minimum absolute atomic E-state index is 0.217. The highest BCUT2D eigenvalue weighted by Gasteiger charge is 2.09. The molecule has 3 rings (SSSR count). The van der Waals surface area contributed by atoms with Crippen LogP contribution in [0.5, 0.6) is 5.75 Å². The molecule has 0 bridgehead atoms. The van der Waals surface area contributed by atoms with Gasteiger partial charge in [0.05, 0.1) is 19.0 Å². The second-order valence-corrected chi connectivity index (χ2v) is 6.28. The molecule has 0 saturated carbocycles. The molecule has 7 nitrogen and oxygen atoms in total. The van der Waals surface area contributed by atoms with Crippen molar-refractivity contribution >= 4 is 27.5 Å². The molecule has 0 radical (unpaired) electrons. The second kappa shape index (κ2) is 7.92. The zero-order valence-corrected chi connectivity index (χ0v) is 15.4. The highest BCUT2D eigenvalue weighted by molar-refractivity contribution is 9.10. The third-order valence-corrected chi connectivity index (χ3v) is 4.09. The first-order valence-electron chi connectivity index (χ1n) is 7.69. The van der Waals surface area contributed by atoms with Crippen LogP contribution in [0.4, 0.5) is 5.69 Å². The van der Waals surface area contributed by atoms with Crippen molar-refractivity contribution in [2.45, 2.75) is 6.54 Å². The van der Waals surface area contributed by atoms with Crippen LogP contribution in [-0.4, -0.2) is 27.8 Å². The molecule has 1 heterocycles. The van der Waals surface area contributed by atoms with Gasteiger partial charge in [0.1, 0.15) is 12.3 Å². The zero-order valence-electron chi connectivity index (χ0n) is 13.8. The van der Waals surface area contributed by atoms with Crippen LogP contribution in [0, 0.1) is 0 Å². The average Bonchev–Trinajstić information content (AvgIpc) is 2.65. The Labute approximate surface area is 157 Å². The van der Waals surface area contributed by atoms with Crippen molar-refractivity contribution in [1.82, 2.24) is 14.8 Å². The Morgan fingerprint density at radius 2 is 1.85 bits per heavy atom. The first-order valence-corrected chi connectivity index (χ1v) is 8.48. The number of nitrogens with zero attached hydrogens (tertiary/aromatic N) is 3. The van der Waals surface area contributed by atoms with Crippen molar-refractivity contribution in [2.24, 2.45) is 0 Å². The molecule has 0 aliphatic heterocycles. The molecule has 1 amide bonds. The van der Waals surface area contributed by atoms with Crippen LogP contribution in [-0.2, 0) is 11.3 Å². The monoisotopic (exact) mass is 414 g/mol. The normalized spacial score (nSPS) is 10.4. The van der Waals surface area contributed by atoms with Crippen LogP contribution in [0.15, 0.2) is 64.0 Å². The number of carbonyl (C=O) groups is 1. The van der Waals surface area contributed by atoms with E-state index in [0.29, 0.717) is 17.1 Å². The lowest BCUT2D eigenvalue weighted by Crippen LogP contribution is -2.31. The summed E-state index contributed by atoms with van der Waals surface area (Å²) in [7, 11) is 1.58. The van der Waals surface area contributed by atoms with Gasteiger partial charge in [0.2, 0.25) is 5.91 Å². The van der Waals surface area contributed by atoms with Gasteiger partial charge in [-0.25, -0.2) is 9.48 Å².